The molecule has 0 saturated carbocycles. The minimum absolute atomic E-state index is 0.132. The fourth-order valence-electron chi connectivity index (χ4n) is 0.974. The number of thioether (sulfide) groups is 1. The van der Waals surface area contributed by atoms with Crippen LogP contribution >= 0.6 is 23.4 Å². The fraction of sp³-hybridized carbons (Fsp3) is 0.333. The molecule has 0 N–H and O–H groups in total. The molecule has 1 nitrogen and oxygen atoms in total. The van der Waals surface area contributed by atoms with Crippen LogP contribution in [0.4, 0.5) is 4.39 Å². The molecule has 0 saturated heterocycles. The predicted octanol–water partition coefficient (Wildman–Crippen LogP) is 3.60. The molecular formula is C9H10ClFOS. The molecule has 0 radical (unpaired) electrons. The first kappa shape index (κ1) is 10.7. The summed E-state index contributed by atoms with van der Waals surface area (Å²) in [7, 11) is 0. The van der Waals surface area contributed by atoms with Gasteiger partial charge >= 0.3 is 0 Å². The van der Waals surface area contributed by atoms with Gasteiger partial charge in [0, 0.05) is 0 Å². The van der Waals surface area contributed by atoms with Gasteiger partial charge in [0.15, 0.2) is 5.82 Å². The molecule has 0 aromatic heterocycles. The summed E-state index contributed by atoms with van der Waals surface area (Å²) in [4.78, 5) is 0.467. The Kier molecular flexibility index (Phi) is 3.88. The maximum atomic E-state index is 13.4. The molecule has 1 aromatic rings. The van der Waals surface area contributed by atoms with Crippen molar-refractivity contribution in [2.75, 3.05) is 12.9 Å². The van der Waals surface area contributed by atoms with Gasteiger partial charge in [0.1, 0.15) is 5.75 Å². The molecule has 4 heteroatoms. The fourth-order valence-corrected chi connectivity index (χ4v) is 1.80. The lowest BCUT2D eigenvalue weighted by atomic mass is 10.3. The van der Waals surface area contributed by atoms with E-state index < -0.39 is 5.82 Å². The molecular weight excluding hydrogens is 211 g/mol. The average molecular weight is 221 g/mol. The van der Waals surface area contributed by atoms with Gasteiger partial charge in [-0.1, -0.05) is 11.6 Å². The summed E-state index contributed by atoms with van der Waals surface area (Å²) in [6.45, 7) is 2.38. The second kappa shape index (κ2) is 4.72. The Morgan fingerprint density at radius 3 is 2.77 bits per heavy atom. The molecule has 1 aromatic carbocycles. The first-order valence-corrected chi connectivity index (χ1v) is 5.45. The van der Waals surface area contributed by atoms with Crippen LogP contribution in [-0.4, -0.2) is 12.9 Å². The summed E-state index contributed by atoms with van der Waals surface area (Å²) in [5.74, 6) is 0.150. The van der Waals surface area contributed by atoms with Crippen molar-refractivity contribution in [1.29, 1.82) is 0 Å². The highest BCUT2D eigenvalue weighted by Gasteiger charge is 2.11. The number of ether oxygens (including phenoxy) is 1. The van der Waals surface area contributed by atoms with Crippen molar-refractivity contribution in [1.82, 2.24) is 0 Å². The van der Waals surface area contributed by atoms with E-state index in [9.17, 15) is 4.39 Å². The predicted molar refractivity (Wildman–Crippen MR) is 54.4 cm³/mol. The van der Waals surface area contributed by atoms with E-state index in [-0.39, 0.29) is 5.02 Å². The Bertz CT molecular complexity index is 304. The quantitative estimate of drug-likeness (QED) is 0.720. The van der Waals surface area contributed by atoms with Crippen molar-refractivity contribution < 1.29 is 9.13 Å². The second-order valence-electron chi connectivity index (χ2n) is 2.33. The van der Waals surface area contributed by atoms with Crippen LogP contribution in [0.1, 0.15) is 6.92 Å². The molecule has 13 heavy (non-hydrogen) atoms. The second-order valence-corrected chi connectivity index (χ2v) is 3.55. The molecule has 0 aliphatic heterocycles. The van der Waals surface area contributed by atoms with E-state index in [1.165, 1.54) is 17.8 Å². The Morgan fingerprint density at radius 2 is 2.23 bits per heavy atom. The number of rotatable bonds is 3. The summed E-state index contributed by atoms with van der Waals surface area (Å²) < 4.78 is 18.6. The lowest BCUT2D eigenvalue weighted by molar-refractivity contribution is 0.328. The molecule has 0 atom stereocenters. The molecule has 0 bridgehead atoms. The van der Waals surface area contributed by atoms with Gasteiger partial charge in [-0.25, -0.2) is 4.39 Å². The molecule has 0 fully saturated rings. The summed E-state index contributed by atoms with van der Waals surface area (Å²) in [6, 6.07) is 3.18. The molecule has 0 aliphatic rings. The maximum Gasteiger partial charge on any atom is 0.159 e. The van der Waals surface area contributed by atoms with Crippen LogP contribution in [0.15, 0.2) is 17.0 Å². The molecule has 0 amide bonds. The zero-order valence-electron chi connectivity index (χ0n) is 7.43. The minimum Gasteiger partial charge on any atom is -0.493 e. The first-order valence-electron chi connectivity index (χ1n) is 3.85. The van der Waals surface area contributed by atoms with E-state index in [4.69, 9.17) is 16.3 Å². The highest BCUT2D eigenvalue weighted by molar-refractivity contribution is 7.98. The van der Waals surface area contributed by atoms with Crippen LogP contribution in [0.2, 0.25) is 5.02 Å². The van der Waals surface area contributed by atoms with Crippen LogP contribution in [0.5, 0.6) is 5.75 Å². The number of benzene rings is 1. The Labute approximate surface area is 86.2 Å². The standard InChI is InChI=1S/C9H10ClFOS/c1-3-12-7-5-4-6(10)8(11)9(7)13-2/h4-5H,3H2,1-2H3. The summed E-state index contributed by atoms with van der Waals surface area (Å²) in [5, 5.41) is 0.132. The van der Waals surface area contributed by atoms with Gasteiger partial charge in [-0.15, -0.1) is 11.8 Å². The molecule has 0 heterocycles. The maximum absolute atomic E-state index is 13.4. The summed E-state index contributed by atoms with van der Waals surface area (Å²) in [6.07, 6.45) is 1.79. The smallest absolute Gasteiger partial charge is 0.159 e. The largest absolute Gasteiger partial charge is 0.493 e. The van der Waals surface area contributed by atoms with Crippen molar-refractivity contribution >= 4 is 23.4 Å². The van der Waals surface area contributed by atoms with Crippen molar-refractivity contribution in [3.05, 3.63) is 23.0 Å². The lowest BCUT2D eigenvalue weighted by Crippen LogP contribution is -1.95. The Hall–Kier alpha value is -0.410. The van der Waals surface area contributed by atoms with E-state index in [1.807, 2.05) is 6.92 Å². The van der Waals surface area contributed by atoms with E-state index in [1.54, 1.807) is 12.3 Å². The number of hydrogen-bond acceptors (Lipinski definition) is 2. The monoisotopic (exact) mass is 220 g/mol. The third kappa shape index (κ3) is 2.29. The van der Waals surface area contributed by atoms with Gasteiger partial charge in [0.2, 0.25) is 0 Å². The summed E-state index contributed by atoms with van der Waals surface area (Å²) >= 11 is 6.91. The average Bonchev–Trinajstić information content (AvgIpc) is 2.12. The van der Waals surface area contributed by atoms with Crippen LogP contribution in [-0.2, 0) is 0 Å². The Balaban J connectivity index is 3.13. The van der Waals surface area contributed by atoms with Crippen LogP contribution in [0.3, 0.4) is 0 Å². The topological polar surface area (TPSA) is 9.23 Å². The molecule has 72 valence electrons. The van der Waals surface area contributed by atoms with Crippen LogP contribution in [0, 0.1) is 5.82 Å². The van der Waals surface area contributed by atoms with Crippen LogP contribution < -0.4 is 4.74 Å². The Morgan fingerprint density at radius 1 is 1.54 bits per heavy atom. The normalized spacial score (nSPS) is 10.2. The van der Waals surface area contributed by atoms with Gasteiger partial charge in [-0.2, -0.15) is 0 Å². The highest BCUT2D eigenvalue weighted by atomic mass is 35.5. The van der Waals surface area contributed by atoms with Gasteiger partial charge in [-0.05, 0) is 25.3 Å². The zero-order chi connectivity index (χ0) is 9.84. The molecule has 0 unspecified atom stereocenters. The first-order chi connectivity index (χ1) is 6.20. The van der Waals surface area contributed by atoms with Gasteiger partial charge in [0.25, 0.3) is 0 Å². The summed E-state index contributed by atoms with van der Waals surface area (Å²) in [5.41, 5.74) is 0. The number of halogens is 2. The zero-order valence-corrected chi connectivity index (χ0v) is 9.01. The van der Waals surface area contributed by atoms with E-state index >= 15 is 0 Å². The molecule has 0 aliphatic carbocycles. The third-order valence-corrected chi connectivity index (χ3v) is 2.60. The number of hydrogen-bond donors (Lipinski definition) is 0. The van der Waals surface area contributed by atoms with Crippen molar-refractivity contribution in [3.8, 4) is 5.75 Å². The van der Waals surface area contributed by atoms with Crippen molar-refractivity contribution in [2.24, 2.45) is 0 Å². The SMILES string of the molecule is CCOc1ccc(Cl)c(F)c1SC. The van der Waals surface area contributed by atoms with Gasteiger partial charge in [0.05, 0.1) is 16.5 Å². The highest BCUT2D eigenvalue weighted by Crippen LogP contribution is 2.34. The van der Waals surface area contributed by atoms with Crippen molar-refractivity contribution in [3.63, 3.8) is 0 Å². The van der Waals surface area contributed by atoms with Gasteiger partial charge < -0.3 is 4.74 Å². The minimum atomic E-state index is -0.403. The van der Waals surface area contributed by atoms with E-state index in [0.29, 0.717) is 17.3 Å². The van der Waals surface area contributed by atoms with E-state index in [0.717, 1.165) is 0 Å². The molecule has 1 rings (SSSR count). The van der Waals surface area contributed by atoms with Gasteiger partial charge in [-0.3, -0.25) is 0 Å². The lowest BCUT2D eigenvalue weighted by Gasteiger charge is -2.09. The van der Waals surface area contributed by atoms with E-state index in [2.05, 4.69) is 0 Å². The van der Waals surface area contributed by atoms with Crippen LogP contribution in [0.25, 0.3) is 0 Å². The van der Waals surface area contributed by atoms with Crippen molar-refractivity contribution in [2.45, 2.75) is 11.8 Å². The molecule has 0 spiro atoms. The third-order valence-electron chi connectivity index (χ3n) is 1.52.